The Kier molecular flexibility index (Phi) is 4.85. The summed E-state index contributed by atoms with van der Waals surface area (Å²) >= 11 is 0. The minimum Gasteiger partial charge on any atom is -0.478 e. The van der Waals surface area contributed by atoms with Crippen LogP contribution in [0.25, 0.3) is 0 Å². The Morgan fingerprint density at radius 1 is 1.36 bits per heavy atom. The molecule has 0 bridgehead atoms. The lowest BCUT2D eigenvalue weighted by molar-refractivity contribution is -0.131. The summed E-state index contributed by atoms with van der Waals surface area (Å²) in [5, 5.41) is 10.4. The quantitative estimate of drug-likeness (QED) is 0.567. The monoisotopic (exact) mass is 221 g/mol. The SMILES string of the molecule is CS(=O)(=O)CCNC(=O)/C=C/C(=O)O. The summed E-state index contributed by atoms with van der Waals surface area (Å²) < 4.78 is 21.2. The van der Waals surface area contributed by atoms with Gasteiger partial charge < -0.3 is 10.4 Å². The van der Waals surface area contributed by atoms with Gasteiger partial charge in [-0.05, 0) is 0 Å². The fraction of sp³-hybridized carbons (Fsp3) is 0.429. The molecule has 0 aliphatic carbocycles. The van der Waals surface area contributed by atoms with E-state index in [0.717, 1.165) is 12.3 Å². The summed E-state index contributed by atoms with van der Waals surface area (Å²) in [5.74, 6) is -2.03. The van der Waals surface area contributed by atoms with Gasteiger partial charge in [-0.2, -0.15) is 0 Å². The fourth-order valence-electron chi connectivity index (χ4n) is 0.566. The topological polar surface area (TPSA) is 101 Å². The van der Waals surface area contributed by atoms with E-state index >= 15 is 0 Å². The Labute approximate surface area is 81.5 Å². The Hall–Kier alpha value is -1.37. The highest BCUT2D eigenvalue weighted by Gasteiger charge is 2.02. The highest BCUT2D eigenvalue weighted by atomic mass is 32.2. The zero-order valence-corrected chi connectivity index (χ0v) is 8.37. The van der Waals surface area contributed by atoms with Gasteiger partial charge in [-0.15, -0.1) is 0 Å². The largest absolute Gasteiger partial charge is 0.478 e. The fourth-order valence-corrected chi connectivity index (χ4v) is 1.04. The van der Waals surface area contributed by atoms with Crippen molar-refractivity contribution in [3.63, 3.8) is 0 Å². The van der Waals surface area contributed by atoms with Crippen molar-refractivity contribution < 1.29 is 23.1 Å². The van der Waals surface area contributed by atoms with Gasteiger partial charge >= 0.3 is 5.97 Å². The maximum absolute atomic E-state index is 10.8. The Morgan fingerprint density at radius 2 is 1.93 bits per heavy atom. The molecule has 14 heavy (non-hydrogen) atoms. The molecule has 7 heteroatoms. The highest BCUT2D eigenvalue weighted by Crippen LogP contribution is 1.80. The summed E-state index contributed by atoms with van der Waals surface area (Å²) in [6.45, 7) is -0.0262. The van der Waals surface area contributed by atoms with E-state index in [1.165, 1.54) is 0 Å². The number of carbonyl (C=O) groups is 2. The molecule has 0 aromatic heterocycles. The van der Waals surface area contributed by atoms with E-state index in [1.807, 2.05) is 0 Å². The van der Waals surface area contributed by atoms with Crippen LogP contribution in [0.2, 0.25) is 0 Å². The van der Waals surface area contributed by atoms with Gasteiger partial charge in [-0.25, -0.2) is 13.2 Å². The van der Waals surface area contributed by atoms with E-state index in [1.54, 1.807) is 0 Å². The van der Waals surface area contributed by atoms with Crippen LogP contribution >= 0.6 is 0 Å². The van der Waals surface area contributed by atoms with Gasteiger partial charge in [0.2, 0.25) is 5.91 Å². The molecule has 0 aliphatic rings. The maximum atomic E-state index is 10.8. The minimum absolute atomic E-state index is 0.0262. The molecule has 6 nitrogen and oxygen atoms in total. The second kappa shape index (κ2) is 5.38. The lowest BCUT2D eigenvalue weighted by Crippen LogP contribution is -2.27. The second-order valence-electron chi connectivity index (χ2n) is 2.59. The second-order valence-corrected chi connectivity index (χ2v) is 4.85. The van der Waals surface area contributed by atoms with Crippen LogP contribution in [0.3, 0.4) is 0 Å². The van der Waals surface area contributed by atoms with Gasteiger partial charge in [0.05, 0.1) is 5.75 Å². The molecule has 0 saturated heterocycles. The number of carboxylic acids is 1. The molecule has 0 fully saturated rings. The normalized spacial score (nSPS) is 11.5. The number of aliphatic carboxylic acids is 1. The Balaban J connectivity index is 3.82. The molecule has 0 atom stereocenters. The Morgan fingerprint density at radius 3 is 2.36 bits per heavy atom. The first-order valence-electron chi connectivity index (χ1n) is 3.68. The smallest absolute Gasteiger partial charge is 0.328 e. The number of sulfone groups is 1. The van der Waals surface area contributed by atoms with Gasteiger partial charge in [-0.3, -0.25) is 4.79 Å². The molecule has 0 saturated carbocycles. The zero-order chi connectivity index (χ0) is 11.2. The zero-order valence-electron chi connectivity index (χ0n) is 7.56. The number of carboxylic acid groups (broad SMARTS) is 1. The first-order chi connectivity index (χ1) is 6.31. The molecule has 0 spiro atoms. The molecule has 1 amide bonds. The van der Waals surface area contributed by atoms with Crippen LogP contribution < -0.4 is 5.32 Å². The Bertz CT molecular complexity index is 343. The number of rotatable bonds is 5. The number of amides is 1. The summed E-state index contributed by atoms with van der Waals surface area (Å²) in [7, 11) is -3.11. The standard InChI is InChI=1S/C7H11NO5S/c1-14(12,13)5-4-8-6(9)2-3-7(10)11/h2-3H,4-5H2,1H3,(H,8,9)(H,10,11)/b3-2+. The van der Waals surface area contributed by atoms with Crippen molar-refractivity contribution in [1.82, 2.24) is 5.32 Å². The summed E-state index contributed by atoms with van der Waals surface area (Å²) in [6.07, 6.45) is 2.55. The van der Waals surface area contributed by atoms with Gasteiger partial charge in [0, 0.05) is 25.0 Å². The third kappa shape index (κ3) is 8.72. The van der Waals surface area contributed by atoms with Crippen LogP contribution in [0.5, 0.6) is 0 Å². The van der Waals surface area contributed by atoms with Crippen molar-refractivity contribution >= 4 is 21.7 Å². The van der Waals surface area contributed by atoms with Crippen molar-refractivity contribution in [3.8, 4) is 0 Å². The molecular weight excluding hydrogens is 210 g/mol. The predicted molar refractivity (Wildman–Crippen MR) is 49.5 cm³/mol. The molecule has 0 aromatic carbocycles. The van der Waals surface area contributed by atoms with Crippen LogP contribution in [0.15, 0.2) is 12.2 Å². The molecular formula is C7H11NO5S. The molecule has 2 N–H and O–H groups in total. The first-order valence-corrected chi connectivity index (χ1v) is 5.74. The van der Waals surface area contributed by atoms with Crippen molar-refractivity contribution in [2.75, 3.05) is 18.6 Å². The summed E-state index contributed by atoms with van der Waals surface area (Å²) in [6, 6.07) is 0. The van der Waals surface area contributed by atoms with Crippen molar-refractivity contribution in [2.45, 2.75) is 0 Å². The van der Waals surface area contributed by atoms with E-state index in [4.69, 9.17) is 5.11 Å². The summed E-state index contributed by atoms with van der Waals surface area (Å²) in [4.78, 5) is 20.8. The average molecular weight is 221 g/mol. The first kappa shape index (κ1) is 12.6. The van der Waals surface area contributed by atoms with E-state index < -0.39 is 21.7 Å². The molecule has 0 aromatic rings. The van der Waals surface area contributed by atoms with Gasteiger partial charge in [-0.1, -0.05) is 0 Å². The van der Waals surface area contributed by atoms with Gasteiger partial charge in [0.25, 0.3) is 0 Å². The van der Waals surface area contributed by atoms with E-state index in [-0.39, 0.29) is 12.3 Å². The molecule has 0 aliphatic heterocycles. The van der Waals surface area contributed by atoms with E-state index in [9.17, 15) is 18.0 Å². The van der Waals surface area contributed by atoms with E-state index in [2.05, 4.69) is 5.32 Å². The lowest BCUT2D eigenvalue weighted by Gasteiger charge is -1.99. The molecule has 0 rings (SSSR count). The summed E-state index contributed by atoms with van der Waals surface area (Å²) in [5.41, 5.74) is 0. The number of carbonyl (C=O) groups excluding carboxylic acids is 1. The van der Waals surface area contributed by atoms with Crippen molar-refractivity contribution in [2.24, 2.45) is 0 Å². The molecule has 80 valence electrons. The average Bonchev–Trinajstić information content (AvgIpc) is 1.98. The van der Waals surface area contributed by atoms with Crippen LogP contribution in [0.4, 0.5) is 0 Å². The third-order valence-corrected chi connectivity index (χ3v) is 2.10. The van der Waals surface area contributed by atoms with Crippen LogP contribution in [0, 0.1) is 0 Å². The van der Waals surface area contributed by atoms with Crippen molar-refractivity contribution in [3.05, 3.63) is 12.2 Å². The molecule has 0 radical (unpaired) electrons. The van der Waals surface area contributed by atoms with Crippen LogP contribution in [-0.2, 0) is 19.4 Å². The van der Waals surface area contributed by atoms with Gasteiger partial charge in [0.15, 0.2) is 0 Å². The third-order valence-electron chi connectivity index (χ3n) is 1.15. The maximum Gasteiger partial charge on any atom is 0.328 e. The lowest BCUT2D eigenvalue weighted by atomic mass is 10.4. The van der Waals surface area contributed by atoms with Crippen LogP contribution in [-0.4, -0.2) is 44.0 Å². The predicted octanol–water partition coefficient (Wildman–Crippen LogP) is -1.21. The van der Waals surface area contributed by atoms with Gasteiger partial charge in [0.1, 0.15) is 9.84 Å². The van der Waals surface area contributed by atoms with Crippen LogP contribution in [0.1, 0.15) is 0 Å². The number of hydrogen-bond acceptors (Lipinski definition) is 4. The minimum atomic E-state index is -3.11. The number of nitrogens with one attached hydrogen (secondary N) is 1. The highest BCUT2D eigenvalue weighted by molar-refractivity contribution is 7.90. The van der Waals surface area contributed by atoms with E-state index in [0.29, 0.717) is 6.08 Å². The molecule has 0 unspecified atom stereocenters. The number of hydrogen-bond donors (Lipinski definition) is 2. The molecule has 0 heterocycles. The van der Waals surface area contributed by atoms with Crippen molar-refractivity contribution in [1.29, 1.82) is 0 Å².